The molecule has 0 aliphatic heterocycles. The number of halogens is 3. The molecule has 0 aromatic heterocycles. The average molecular weight is 279 g/mol. The summed E-state index contributed by atoms with van der Waals surface area (Å²) >= 11 is 0. The minimum absolute atomic E-state index is 0.158. The molecule has 0 bridgehead atoms. The maximum absolute atomic E-state index is 13.9. The number of rotatable bonds is 4. The molecule has 0 heterocycles. The predicted molar refractivity (Wildman–Crippen MR) is 73.0 cm³/mol. The third-order valence-electron chi connectivity index (χ3n) is 3.37. The summed E-state index contributed by atoms with van der Waals surface area (Å²) in [6.45, 7) is 1.98. The van der Waals surface area contributed by atoms with Crippen LogP contribution in [0.2, 0.25) is 0 Å². The van der Waals surface area contributed by atoms with Crippen molar-refractivity contribution in [2.24, 2.45) is 0 Å². The Bertz CT molecular complexity index is 587. The van der Waals surface area contributed by atoms with Crippen molar-refractivity contribution in [1.29, 1.82) is 0 Å². The van der Waals surface area contributed by atoms with Crippen LogP contribution in [0.3, 0.4) is 0 Å². The SMILES string of the molecule is CCc1ccccc1C(NC)c1c(F)cc(F)cc1F. The normalized spacial score (nSPS) is 12.4. The van der Waals surface area contributed by atoms with Crippen LogP contribution in [0.15, 0.2) is 36.4 Å². The van der Waals surface area contributed by atoms with Crippen molar-refractivity contribution in [3.8, 4) is 0 Å². The van der Waals surface area contributed by atoms with E-state index in [-0.39, 0.29) is 5.56 Å². The first-order valence-corrected chi connectivity index (χ1v) is 6.48. The lowest BCUT2D eigenvalue weighted by Crippen LogP contribution is -2.22. The maximum atomic E-state index is 13.9. The molecule has 0 aliphatic rings. The van der Waals surface area contributed by atoms with E-state index in [1.807, 2.05) is 31.2 Å². The molecule has 1 unspecified atom stereocenters. The lowest BCUT2D eigenvalue weighted by atomic mass is 9.92. The van der Waals surface area contributed by atoms with Gasteiger partial charge in [0.15, 0.2) is 0 Å². The quantitative estimate of drug-likeness (QED) is 0.892. The summed E-state index contributed by atoms with van der Waals surface area (Å²) in [6, 6.07) is 8.20. The van der Waals surface area contributed by atoms with Gasteiger partial charge in [0.2, 0.25) is 0 Å². The third-order valence-corrected chi connectivity index (χ3v) is 3.37. The van der Waals surface area contributed by atoms with Gasteiger partial charge in [-0.15, -0.1) is 0 Å². The Hall–Kier alpha value is -1.81. The summed E-state index contributed by atoms with van der Waals surface area (Å²) in [5.41, 5.74) is 1.63. The Balaban J connectivity index is 2.59. The molecule has 1 N–H and O–H groups in total. The number of aryl methyl sites for hydroxylation is 1. The molecule has 0 amide bonds. The number of benzene rings is 2. The van der Waals surface area contributed by atoms with Crippen LogP contribution in [0.5, 0.6) is 0 Å². The molecule has 0 saturated heterocycles. The highest BCUT2D eigenvalue weighted by molar-refractivity contribution is 5.38. The van der Waals surface area contributed by atoms with Gasteiger partial charge in [-0.3, -0.25) is 0 Å². The Morgan fingerprint density at radius 1 is 1.05 bits per heavy atom. The molecule has 0 fully saturated rings. The van der Waals surface area contributed by atoms with E-state index in [0.717, 1.165) is 17.5 Å². The highest BCUT2D eigenvalue weighted by Crippen LogP contribution is 2.29. The van der Waals surface area contributed by atoms with Gasteiger partial charge in [-0.05, 0) is 24.6 Å². The molecule has 1 nitrogen and oxygen atoms in total. The minimum Gasteiger partial charge on any atom is -0.309 e. The van der Waals surface area contributed by atoms with Crippen molar-refractivity contribution in [3.05, 3.63) is 70.5 Å². The molecular formula is C16H16F3N. The Morgan fingerprint density at radius 2 is 1.65 bits per heavy atom. The van der Waals surface area contributed by atoms with Gasteiger partial charge in [-0.2, -0.15) is 0 Å². The van der Waals surface area contributed by atoms with Gasteiger partial charge in [0, 0.05) is 17.7 Å². The lowest BCUT2D eigenvalue weighted by Gasteiger charge is -2.21. The van der Waals surface area contributed by atoms with Gasteiger partial charge >= 0.3 is 0 Å². The predicted octanol–water partition coefficient (Wildman–Crippen LogP) is 3.98. The number of hydrogen-bond acceptors (Lipinski definition) is 1. The first-order chi connectivity index (χ1) is 9.58. The molecule has 1 atom stereocenters. The number of nitrogens with one attached hydrogen (secondary N) is 1. The van der Waals surface area contributed by atoms with Gasteiger partial charge in [0.05, 0.1) is 6.04 Å². The Kier molecular flexibility index (Phi) is 4.45. The van der Waals surface area contributed by atoms with Crippen LogP contribution in [0.25, 0.3) is 0 Å². The highest BCUT2D eigenvalue weighted by Gasteiger charge is 2.23. The fraction of sp³-hybridized carbons (Fsp3) is 0.250. The van der Waals surface area contributed by atoms with Crippen molar-refractivity contribution in [3.63, 3.8) is 0 Å². The first kappa shape index (κ1) is 14.6. The van der Waals surface area contributed by atoms with Crippen LogP contribution in [0.1, 0.15) is 29.7 Å². The minimum atomic E-state index is -0.914. The fourth-order valence-electron chi connectivity index (χ4n) is 2.42. The Labute approximate surface area is 116 Å². The molecule has 0 aliphatic carbocycles. The zero-order chi connectivity index (χ0) is 14.7. The standard InChI is InChI=1S/C16H16F3N/c1-3-10-6-4-5-7-12(10)16(20-2)15-13(18)8-11(17)9-14(15)19/h4-9,16,20H,3H2,1-2H3. The van der Waals surface area contributed by atoms with E-state index < -0.39 is 23.5 Å². The molecule has 4 heteroatoms. The average Bonchev–Trinajstić information content (AvgIpc) is 2.42. The van der Waals surface area contributed by atoms with Crippen molar-refractivity contribution < 1.29 is 13.2 Å². The molecular weight excluding hydrogens is 263 g/mol. The van der Waals surface area contributed by atoms with Crippen LogP contribution in [0.4, 0.5) is 13.2 Å². The summed E-state index contributed by atoms with van der Waals surface area (Å²) < 4.78 is 40.9. The van der Waals surface area contributed by atoms with Crippen LogP contribution in [-0.2, 0) is 6.42 Å². The molecule has 0 radical (unpaired) electrons. The maximum Gasteiger partial charge on any atom is 0.134 e. The zero-order valence-electron chi connectivity index (χ0n) is 11.4. The second kappa shape index (κ2) is 6.09. The zero-order valence-corrected chi connectivity index (χ0v) is 11.4. The van der Waals surface area contributed by atoms with Crippen molar-refractivity contribution in [2.75, 3.05) is 7.05 Å². The van der Waals surface area contributed by atoms with Gasteiger partial charge in [0.1, 0.15) is 17.5 Å². The molecule has 106 valence electrons. The largest absolute Gasteiger partial charge is 0.309 e. The van der Waals surface area contributed by atoms with Gasteiger partial charge < -0.3 is 5.32 Å². The molecule has 2 rings (SSSR count). The van der Waals surface area contributed by atoms with Gasteiger partial charge in [0.25, 0.3) is 0 Å². The molecule has 2 aromatic rings. The van der Waals surface area contributed by atoms with Crippen LogP contribution in [0, 0.1) is 17.5 Å². The second-order valence-electron chi connectivity index (χ2n) is 4.56. The van der Waals surface area contributed by atoms with E-state index in [4.69, 9.17) is 0 Å². The van der Waals surface area contributed by atoms with Crippen molar-refractivity contribution in [2.45, 2.75) is 19.4 Å². The van der Waals surface area contributed by atoms with E-state index in [2.05, 4.69) is 5.32 Å². The van der Waals surface area contributed by atoms with Crippen LogP contribution in [-0.4, -0.2) is 7.05 Å². The summed E-state index contributed by atoms with van der Waals surface area (Å²) in [7, 11) is 1.62. The van der Waals surface area contributed by atoms with E-state index in [1.165, 1.54) is 0 Å². The van der Waals surface area contributed by atoms with E-state index in [0.29, 0.717) is 12.1 Å². The first-order valence-electron chi connectivity index (χ1n) is 6.48. The third kappa shape index (κ3) is 2.70. The van der Waals surface area contributed by atoms with E-state index in [9.17, 15) is 13.2 Å². The monoisotopic (exact) mass is 279 g/mol. The topological polar surface area (TPSA) is 12.0 Å². The molecule has 0 spiro atoms. The smallest absolute Gasteiger partial charge is 0.134 e. The van der Waals surface area contributed by atoms with Crippen molar-refractivity contribution >= 4 is 0 Å². The van der Waals surface area contributed by atoms with Crippen LogP contribution >= 0.6 is 0 Å². The highest BCUT2D eigenvalue weighted by atomic mass is 19.1. The fourth-order valence-corrected chi connectivity index (χ4v) is 2.42. The second-order valence-corrected chi connectivity index (χ2v) is 4.56. The Morgan fingerprint density at radius 3 is 2.20 bits per heavy atom. The van der Waals surface area contributed by atoms with Gasteiger partial charge in [-0.25, -0.2) is 13.2 Å². The molecule has 2 aromatic carbocycles. The van der Waals surface area contributed by atoms with E-state index >= 15 is 0 Å². The molecule has 20 heavy (non-hydrogen) atoms. The van der Waals surface area contributed by atoms with Crippen LogP contribution < -0.4 is 5.32 Å². The van der Waals surface area contributed by atoms with Crippen molar-refractivity contribution in [1.82, 2.24) is 5.32 Å². The van der Waals surface area contributed by atoms with Gasteiger partial charge in [-0.1, -0.05) is 31.2 Å². The summed E-state index contributed by atoms with van der Waals surface area (Å²) in [5.74, 6) is -2.68. The lowest BCUT2D eigenvalue weighted by molar-refractivity contribution is 0.499. The number of hydrogen-bond donors (Lipinski definition) is 1. The molecule has 0 saturated carbocycles. The van der Waals surface area contributed by atoms with E-state index in [1.54, 1.807) is 7.05 Å². The summed E-state index contributed by atoms with van der Waals surface area (Å²) in [6.07, 6.45) is 0.749. The summed E-state index contributed by atoms with van der Waals surface area (Å²) in [5, 5.41) is 2.91. The summed E-state index contributed by atoms with van der Waals surface area (Å²) in [4.78, 5) is 0.